The predicted molar refractivity (Wildman–Crippen MR) is 88.0 cm³/mol. The molecule has 0 bridgehead atoms. The normalized spacial score (nSPS) is 17.6. The molecule has 0 amide bonds. The van der Waals surface area contributed by atoms with Gasteiger partial charge < -0.3 is 4.52 Å². The van der Waals surface area contributed by atoms with E-state index in [1.807, 2.05) is 35.4 Å². The molecule has 6 nitrogen and oxygen atoms in total. The Morgan fingerprint density at radius 1 is 1.48 bits per heavy atom. The van der Waals surface area contributed by atoms with E-state index < -0.39 is 0 Å². The Bertz CT molecular complexity index is 791. The van der Waals surface area contributed by atoms with Crippen LogP contribution in [-0.2, 0) is 20.0 Å². The molecule has 3 heterocycles. The molecule has 0 fully saturated rings. The van der Waals surface area contributed by atoms with Crippen molar-refractivity contribution in [2.75, 3.05) is 7.05 Å². The summed E-state index contributed by atoms with van der Waals surface area (Å²) in [6.07, 6.45) is 5.44. The quantitative estimate of drug-likeness (QED) is 0.736. The van der Waals surface area contributed by atoms with Crippen molar-refractivity contribution in [3.63, 3.8) is 0 Å². The van der Waals surface area contributed by atoms with E-state index in [1.165, 1.54) is 17.7 Å². The van der Waals surface area contributed by atoms with E-state index in [0.717, 1.165) is 17.7 Å². The topological polar surface area (TPSA) is 60.0 Å². The molecule has 1 unspecified atom stereocenters. The summed E-state index contributed by atoms with van der Waals surface area (Å²) in [5.41, 5.74) is 2.68. The van der Waals surface area contributed by atoms with Crippen LogP contribution in [0.3, 0.4) is 0 Å². The molecule has 0 aromatic carbocycles. The maximum Gasteiger partial charge on any atom is 0.241 e. The van der Waals surface area contributed by atoms with Crippen LogP contribution < -0.4 is 0 Å². The summed E-state index contributed by atoms with van der Waals surface area (Å²) in [4.78, 5) is 7.84. The zero-order valence-electron chi connectivity index (χ0n) is 13.3. The van der Waals surface area contributed by atoms with Crippen molar-refractivity contribution >= 4 is 11.3 Å². The van der Waals surface area contributed by atoms with E-state index in [4.69, 9.17) is 4.52 Å². The lowest BCUT2D eigenvalue weighted by molar-refractivity contribution is 0.186. The van der Waals surface area contributed by atoms with Crippen LogP contribution in [0.1, 0.15) is 36.0 Å². The lowest BCUT2D eigenvalue weighted by atomic mass is 9.92. The summed E-state index contributed by atoms with van der Waals surface area (Å²) >= 11 is 1.62. The molecule has 1 aliphatic carbocycles. The van der Waals surface area contributed by atoms with Crippen molar-refractivity contribution in [1.29, 1.82) is 0 Å². The van der Waals surface area contributed by atoms with E-state index in [0.29, 0.717) is 24.3 Å². The molecular formula is C16H19N5OS. The fraction of sp³-hybridized carbons (Fsp3) is 0.438. The summed E-state index contributed by atoms with van der Waals surface area (Å²) in [5.74, 6) is 1.33. The average Bonchev–Trinajstić information content (AvgIpc) is 3.28. The SMILES string of the molecule is CN(Cc1nc(-c2cccs2)no1)C1CCCc2c1cnn2C. The van der Waals surface area contributed by atoms with Crippen LogP contribution in [0.15, 0.2) is 28.2 Å². The van der Waals surface area contributed by atoms with Gasteiger partial charge in [0.25, 0.3) is 0 Å². The standard InChI is InChI=1S/C16H19N5OS/c1-20(12-5-3-6-13-11(12)9-17-21(13)2)10-15-18-16(19-22-15)14-7-4-8-23-14/h4,7-9,12H,3,5-6,10H2,1-2H3. The van der Waals surface area contributed by atoms with Gasteiger partial charge in [0.1, 0.15) is 0 Å². The lowest BCUT2D eigenvalue weighted by Crippen LogP contribution is -2.27. The number of nitrogens with zero attached hydrogens (tertiary/aromatic N) is 5. The number of rotatable bonds is 4. The fourth-order valence-electron chi connectivity index (χ4n) is 3.29. The van der Waals surface area contributed by atoms with Crippen LogP contribution in [0.4, 0.5) is 0 Å². The van der Waals surface area contributed by atoms with Gasteiger partial charge in [0.05, 0.1) is 17.6 Å². The van der Waals surface area contributed by atoms with E-state index in [9.17, 15) is 0 Å². The lowest BCUT2D eigenvalue weighted by Gasteiger charge is -2.30. The second kappa shape index (κ2) is 5.90. The highest BCUT2D eigenvalue weighted by atomic mass is 32.1. The van der Waals surface area contributed by atoms with E-state index in [-0.39, 0.29) is 0 Å². The smallest absolute Gasteiger partial charge is 0.241 e. The molecule has 0 radical (unpaired) electrons. The minimum Gasteiger partial charge on any atom is -0.338 e. The average molecular weight is 329 g/mol. The second-order valence-corrected chi connectivity index (χ2v) is 6.93. The van der Waals surface area contributed by atoms with Crippen molar-refractivity contribution in [2.24, 2.45) is 7.05 Å². The first kappa shape index (κ1) is 14.6. The Morgan fingerprint density at radius 2 is 2.39 bits per heavy atom. The van der Waals surface area contributed by atoms with Crippen molar-refractivity contribution in [3.8, 4) is 10.7 Å². The number of thiophene rings is 1. The van der Waals surface area contributed by atoms with Gasteiger partial charge >= 0.3 is 0 Å². The Labute approximate surface area is 138 Å². The van der Waals surface area contributed by atoms with E-state index in [1.54, 1.807) is 11.3 Å². The highest BCUT2D eigenvalue weighted by molar-refractivity contribution is 7.13. The zero-order chi connectivity index (χ0) is 15.8. The minimum absolute atomic E-state index is 0.365. The van der Waals surface area contributed by atoms with Crippen LogP contribution in [0.25, 0.3) is 10.7 Å². The van der Waals surface area contributed by atoms with Gasteiger partial charge in [-0.2, -0.15) is 10.1 Å². The number of aromatic nitrogens is 4. The number of aryl methyl sites for hydroxylation is 1. The molecule has 23 heavy (non-hydrogen) atoms. The first-order valence-corrected chi connectivity index (χ1v) is 8.68. The Morgan fingerprint density at radius 3 is 3.22 bits per heavy atom. The molecule has 3 aromatic heterocycles. The Hall–Kier alpha value is -1.99. The van der Waals surface area contributed by atoms with Crippen LogP contribution in [0, 0.1) is 0 Å². The molecule has 0 aliphatic heterocycles. The van der Waals surface area contributed by atoms with Gasteiger partial charge in [0.15, 0.2) is 0 Å². The summed E-state index contributed by atoms with van der Waals surface area (Å²) in [7, 11) is 4.13. The molecule has 0 saturated heterocycles. The van der Waals surface area contributed by atoms with E-state index >= 15 is 0 Å². The molecule has 7 heteroatoms. The largest absolute Gasteiger partial charge is 0.338 e. The van der Waals surface area contributed by atoms with Crippen molar-refractivity contribution in [1.82, 2.24) is 24.8 Å². The highest BCUT2D eigenvalue weighted by Gasteiger charge is 2.27. The molecule has 0 spiro atoms. The maximum atomic E-state index is 5.43. The van der Waals surface area contributed by atoms with Crippen LogP contribution in [0.5, 0.6) is 0 Å². The molecular weight excluding hydrogens is 310 g/mol. The third-order valence-electron chi connectivity index (χ3n) is 4.47. The summed E-state index contributed by atoms with van der Waals surface area (Å²) in [6.45, 7) is 0.650. The Balaban J connectivity index is 1.51. The van der Waals surface area contributed by atoms with Gasteiger partial charge in [-0.1, -0.05) is 11.2 Å². The van der Waals surface area contributed by atoms with Gasteiger partial charge in [-0.15, -0.1) is 11.3 Å². The van der Waals surface area contributed by atoms with Gasteiger partial charge in [0, 0.05) is 24.3 Å². The van der Waals surface area contributed by atoms with Crippen LogP contribution >= 0.6 is 11.3 Å². The summed E-state index contributed by atoms with van der Waals surface area (Å²) < 4.78 is 7.42. The molecule has 0 N–H and O–H groups in total. The van der Waals surface area contributed by atoms with Gasteiger partial charge in [-0.05, 0) is 37.8 Å². The van der Waals surface area contributed by atoms with Gasteiger partial charge in [-0.3, -0.25) is 9.58 Å². The first-order chi connectivity index (χ1) is 11.2. The fourth-order valence-corrected chi connectivity index (χ4v) is 3.94. The number of hydrogen-bond donors (Lipinski definition) is 0. The molecule has 3 aromatic rings. The molecule has 1 atom stereocenters. The van der Waals surface area contributed by atoms with Gasteiger partial charge in [0.2, 0.25) is 11.7 Å². The molecule has 120 valence electrons. The molecule has 0 saturated carbocycles. The van der Waals surface area contributed by atoms with Gasteiger partial charge in [-0.25, -0.2) is 0 Å². The van der Waals surface area contributed by atoms with Crippen molar-refractivity contribution < 1.29 is 4.52 Å². The number of fused-ring (bicyclic) bond motifs is 1. The monoisotopic (exact) mass is 329 g/mol. The third-order valence-corrected chi connectivity index (χ3v) is 5.34. The first-order valence-electron chi connectivity index (χ1n) is 7.80. The second-order valence-electron chi connectivity index (χ2n) is 5.98. The zero-order valence-corrected chi connectivity index (χ0v) is 14.1. The predicted octanol–water partition coefficient (Wildman–Crippen LogP) is 3.04. The maximum absolute atomic E-state index is 5.43. The summed E-state index contributed by atoms with van der Waals surface area (Å²) in [5, 5.41) is 10.5. The Kier molecular flexibility index (Phi) is 3.74. The summed E-state index contributed by atoms with van der Waals surface area (Å²) in [6, 6.07) is 4.37. The minimum atomic E-state index is 0.365. The molecule has 4 rings (SSSR count). The van der Waals surface area contributed by atoms with Crippen molar-refractivity contribution in [2.45, 2.75) is 31.8 Å². The number of hydrogen-bond acceptors (Lipinski definition) is 6. The van der Waals surface area contributed by atoms with E-state index in [2.05, 4.69) is 27.2 Å². The van der Waals surface area contributed by atoms with Crippen LogP contribution in [0.2, 0.25) is 0 Å². The molecule has 1 aliphatic rings. The van der Waals surface area contributed by atoms with Crippen molar-refractivity contribution in [3.05, 3.63) is 40.9 Å². The highest BCUT2D eigenvalue weighted by Crippen LogP contribution is 2.34. The third kappa shape index (κ3) is 2.70. The van der Waals surface area contributed by atoms with Crippen LogP contribution in [-0.4, -0.2) is 31.9 Å².